The lowest BCUT2D eigenvalue weighted by Crippen LogP contribution is -2.12. The monoisotopic (exact) mass is 259 g/mol. The third-order valence-corrected chi connectivity index (χ3v) is 3.40. The molecule has 2 aromatic rings. The van der Waals surface area contributed by atoms with Gasteiger partial charge in [0.25, 0.3) is 12.3 Å². The first-order valence-corrected chi connectivity index (χ1v) is 6.25. The van der Waals surface area contributed by atoms with Crippen LogP contribution in [0.1, 0.15) is 22.3 Å². The van der Waals surface area contributed by atoms with Crippen LogP contribution < -0.4 is 5.32 Å². The molecule has 0 bridgehead atoms. The van der Waals surface area contributed by atoms with Crippen LogP contribution in [0.5, 0.6) is 0 Å². The van der Waals surface area contributed by atoms with Crippen molar-refractivity contribution in [2.24, 2.45) is 0 Å². The molecule has 0 aliphatic rings. The van der Waals surface area contributed by atoms with Gasteiger partial charge in [0.15, 0.2) is 0 Å². The third kappa shape index (κ3) is 2.28. The van der Waals surface area contributed by atoms with Crippen molar-refractivity contribution < 1.29 is 13.6 Å². The second-order valence-corrected chi connectivity index (χ2v) is 4.53. The minimum Gasteiger partial charge on any atom is -0.321 e. The van der Waals surface area contributed by atoms with Crippen LogP contribution in [0.4, 0.5) is 14.5 Å². The van der Waals surface area contributed by atoms with Gasteiger partial charge in [0, 0.05) is 21.7 Å². The van der Waals surface area contributed by atoms with Crippen molar-refractivity contribution in [2.75, 3.05) is 5.32 Å². The van der Waals surface area contributed by atoms with Gasteiger partial charge in [-0.25, -0.2) is 8.78 Å². The Labute approximate surface area is 98.5 Å². The summed E-state index contributed by atoms with van der Waals surface area (Å²) < 4.78 is 25.1. The molecule has 1 amide bonds. The van der Waals surface area contributed by atoms with Gasteiger partial charge in [-0.1, -0.05) is 0 Å². The van der Waals surface area contributed by atoms with Gasteiger partial charge < -0.3 is 5.32 Å². The van der Waals surface area contributed by atoms with Gasteiger partial charge in [-0.2, -0.15) is 22.7 Å². The second kappa shape index (κ2) is 4.71. The van der Waals surface area contributed by atoms with Crippen LogP contribution in [-0.2, 0) is 0 Å². The molecular formula is C10H7F2NOS2. The van der Waals surface area contributed by atoms with Gasteiger partial charge in [-0.15, -0.1) is 0 Å². The zero-order valence-electron chi connectivity index (χ0n) is 7.94. The van der Waals surface area contributed by atoms with Crippen LogP contribution in [0.2, 0.25) is 0 Å². The molecular weight excluding hydrogens is 252 g/mol. The van der Waals surface area contributed by atoms with Crippen LogP contribution in [0.25, 0.3) is 0 Å². The topological polar surface area (TPSA) is 29.1 Å². The van der Waals surface area contributed by atoms with Gasteiger partial charge >= 0.3 is 0 Å². The summed E-state index contributed by atoms with van der Waals surface area (Å²) in [5.41, 5.74) is 0.463. The lowest BCUT2D eigenvalue weighted by atomic mass is 10.2. The third-order valence-electron chi connectivity index (χ3n) is 1.95. The van der Waals surface area contributed by atoms with Crippen molar-refractivity contribution >= 4 is 34.3 Å². The summed E-state index contributed by atoms with van der Waals surface area (Å²) >= 11 is 2.53. The number of anilines is 1. The van der Waals surface area contributed by atoms with E-state index in [-0.39, 0.29) is 11.1 Å². The molecule has 0 spiro atoms. The number of halogens is 2. The zero-order valence-corrected chi connectivity index (χ0v) is 9.58. The van der Waals surface area contributed by atoms with E-state index in [4.69, 9.17) is 0 Å². The normalized spacial score (nSPS) is 10.7. The Balaban J connectivity index is 2.18. The number of carbonyl (C=O) groups is 1. The van der Waals surface area contributed by atoms with Gasteiger partial charge in [0.1, 0.15) is 0 Å². The molecule has 2 nitrogen and oxygen atoms in total. The maximum atomic E-state index is 12.5. The molecule has 0 radical (unpaired) electrons. The van der Waals surface area contributed by atoms with E-state index >= 15 is 0 Å². The standard InChI is InChI=1S/C10H7F2NOS2/c11-9(12)7-4-16-5-8(7)10(14)13-6-1-2-15-3-6/h1-5,9H,(H,13,14). The maximum absolute atomic E-state index is 12.5. The number of hydrogen-bond acceptors (Lipinski definition) is 3. The Bertz CT molecular complexity index is 479. The van der Waals surface area contributed by atoms with Crippen molar-refractivity contribution in [3.05, 3.63) is 38.7 Å². The summed E-state index contributed by atoms with van der Waals surface area (Å²) in [6.07, 6.45) is -2.62. The van der Waals surface area contributed by atoms with Crippen LogP contribution in [0, 0.1) is 0 Å². The predicted molar refractivity (Wildman–Crippen MR) is 61.5 cm³/mol. The fraction of sp³-hybridized carbons (Fsp3) is 0.100. The highest BCUT2D eigenvalue weighted by atomic mass is 32.1. The van der Waals surface area contributed by atoms with E-state index in [0.717, 1.165) is 11.3 Å². The molecule has 0 atom stereocenters. The van der Waals surface area contributed by atoms with Gasteiger partial charge in [-0.05, 0) is 11.4 Å². The van der Waals surface area contributed by atoms with Crippen molar-refractivity contribution in [3.8, 4) is 0 Å². The quantitative estimate of drug-likeness (QED) is 0.886. The second-order valence-electron chi connectivity index (χ2n) is 3.01. The number of rotatable bonds is 3. The summed E-state index contributed by atoms with van der Waals surface area (Å²) in [6.45, 7) is 0. The smallest absolute Gasteiger partial charge is 0.265 e. The minimum atomic E-state index is -2.62. The van der Waals surface area contributed by atoms with Gasteiger partial charge in [0.2, 0.25) is 0 Å². The molecule has 0 saturated carbocycles. The molecule has 0 unspecified atom stereocenters. The average molecular weight is 259 g/mol. The van der Waals surface area contributed by atoms with Crippen LogP contribution in [0.3, 0.4) is 0 Å². The van der Waals surface area contributed by atoms with Crippen molar-refractivity contribution in [1.82, 2.24) is 0 Å². The van der Waals surface area contributed by atoms with E-state index in [9.17, 15) is 13.6 Å². The number of nitrogens with one attached hydrogen (secondary N) is 1. The molecule has 1 N–H and O–H groups in total. The Hall–Kier alpha value is -1.27. The Morgan fingerprint density at radius 1 is 1.25 bits per heavy atom. The van der Waals surface area contributed by atoms with Crippen molar-refractivity contribution in [3.63, 3.8) is 0 Å². The maximum Gasteiger partial charge on any atom is 0.265 e. The van der Waals surface area contributed by atoms with Crippen LogP contribution in [-0.4, -0.2) is 5.91 Å². The highest BCUT2D eigenvalue weighted by Gasteiger charge is 2.19. The molecule has 0 aliphatic heterocycles. The number of thiophene rings is 2. The summed E-state index contributed by atoms with van der Waals surface area (Å²) in [7, 11) is 0. The molecule has 0 aromatic carbocycles. The molecule has 84 valence electrons. The number of alkyl halides is 2. The summed E-state index contributed by atoms with van der Waals surface area (Å²) in [5, 5.41) is 8.84. The average Bonchev–Trinajstić information content (AvgIpc) is 2.86. The van der Waals surface area contributed by atoms with Crippen molar-refractivity contribution in [1.29, 1.82) is 0 Å². The predicted octanol–water partition coefficient (Wildman–Crippen LogP) is 4.00. The van der Waals surface area contributed by atoms with E-state index in [0.29, 0.717) is 5.69 Å². The summed E-state index contributed by atoms with van der Waals surface area (Å²) in [5.74, 6) is -0.491. The van der Waals surface area contributed by atoms with Crippen molar-refractivity contribution in [2.45, 2.75) is 6.43 Å². The lowest BCUT2D eigenvalue weighted by Gasteiger charge is -2.03. The molecule has 6 heteroatoms. The van der Waals surface area contributed by atoms with E-state index in [1.54, 1.807) is 16.8 Å². The molecule has 0 saturated heterocycles. The highest BCUT2D eigenvalue weighted by molar-refractivity contribution is 7.08. The molecule has 16 heavy (non-hydrogen) atoms. The summed E-state index contributed by atoms with van der Waals surface area (Å²) in [4.78, 5) is 11.7. The van der Waals surface area contributed by atoms with Crippen LogP contribution >= 0.6 is 22.7 Å². The highest BCUT2D eigenvalue weighted by Crippen LogP contribution is 2.27. The molecule has 0 fully saturated rings. The Kier molecular flexibility index (Phi) is 3.31. The lowest BCUT2D eigenvalue weighted by molar-refractivity contribution is 0.101. The van der Waals surface area contributed by atoms with E-state index in [2.05, 4.69) is 5.32 Å². The first kappa shape index (κ1) is 11.2. The first-order valence-electron chi connectivity index (χ1n) is 4.36. The molecule has 0 aliphatic carbocycles. The number of hydrogen-bond donors (Lipinski definition) is 1. The Morgan fingerprint density at radius 3 is 2.69 bits per heavy atom. The number of carbonyl (C=O) groups excluding carboxylic acids is 1. The molecule has 2 rings (SSSR count). The largest absolute Gasteiger partial charge is 0.321 e. The van der Waals surface area contributed by atoms with Gasteiger partial charge in [-0.3, -0.25) is 4.79 Å². The van der Waals surface area contributed by atoms with E-state index in [1.165, 1.54) is 22.1 Å². The molecule has 2 heterocycles. The van der Waals surface area contributed by atoms with E-state index in [1.807, 2.05) is 0 Å². The SMILES string of the molecule is O=C(Nc1ccsc1)c1cscc1C(F)F. The van der Waals surface area contributed by atoms with Gasteiger partial charge in [0.05, 0.1) is 11.3 Å². The Morgan fingerprint density at radius 2 is 2.06 bits per heavy atom. The fourth-order valence-electron chi connectivity index (χ4n) is 1.19. The zero-order chi connectivity index (χ0) is 11.5. The summed E-state index contributed by atoms with van der Waals surface area (Å²) in [6, 6.07) is 1.72. The minimum absolute atomic E-state index is 0.0474. The molecule has 2 aromatic heterocycles. The van der Waals surface area contributed by atoms with Crippen LogP contribution in [0.15, 0.2) is 27.6 Å². The fourth-order valence-corrected chi connectivity index (χ4v) is 2.61. The number of amides is 1. The first-order chi connectivity index (χ1) is 7.68. The van der Waals surface area contributed by atoms with E-state index < -0.39 is 12.3 Å².